The van der Waals surface area contributed by atoms with Gasteiger partial charge >= 0.3 is 5.97 Å². The van der Waals surface area contributed by atoms with Crippen LogP contribution in [0.25, 0.3) is 17.1 Å². The minimum Gasteiger partial charge on any atom is -0.506 e. The number of aryl methyl sites for hydroxylation is 1. The second-order valence-corrected chi connectivity index (χ2v) is 5.46. The summed E-state index contributed by atoms with van der Waals surface area (Å²) >= 11 is 0. The van der Waals surface area contributed by atoms with Crippen molar-refractivity contribution < 1.29 is 14.6 Å². The van der Waals surface area contributed by atoms with Crippen LogP contribution in [0.4, 0.5) is 5.69 Å². The highest BCUT2D eigenvalue weighted by molar-refractivity contribution is 5.89. The van der Waals surface area contributed by atoms with Crippen LogP contribution >= 0.6 is 0 Å². The number of anilines is 1. The number of carbonyl (C=O) groups excluding carboxylic acids is 1. The molecule has 7 heteroatoms. The number of esters is 1. The van der Waals surface area contributed by atoms with Crippen molar-refractivity contribution in [3.63, 3.8) is 0 Å². The molecule has 1 aromatic carbocycles. The van der Waals surface area contributed by atoms with Crippen molar-refractivity contribution in [2.45, 2.75) is 13.8 Å². The lowest BCUT2D eigenvalue weighted by atomic mass is 10.1. The Labute approximate surface area is 144 Å². The molecule has 0 saturated heterocycles. The summed E-state index contributed by atoms with van der Waals surface area (Å²) in [6, 6.07) is 12.0. The van der Waals surface area contributed by atoms with Crippen LogP contribution in [0.3, 0.4) is 0 Å². The fraction of sp³-hybridized carbons (Fsp3) is 0.167. The molecule has 0 aliphatic carbocycles. The van der Waals surface area contributed by atoms with Gasteiger partial charge in [-0.2, -0.15) is 5.10 Å². The second-order valence-electron chi connectivity index (χ2n) is 5.46. The SMILES string of the molecule is CCOC(=O)c1cc(-c2ccc(N)c(O)c2)n(-c2cccc(C)n2)n1. The van der Waals surface area contributed by atoms with E-state index < -0.39 is 5.97 Å². The van der Waals surface area contributed by atoms with Gasteiger partial charge < -0.3 is 15.6 Å². The Morgan fingerprint density at radius 1 is 1.28 bits per heavy atom. The van der Waals surface area contributed by atoms with Crippen LogP contribution in [0.2, 0.25) is 0 Å². The van der Waals surface area contributed by atoms with Gasteiger partial charge in [0.2, 0.25) is 0 Å². The summed E-state index contributed by atoms with van der Waals surface area (Å²) < 4.78 is 6.58. The number of hydrogen-bond donors (Lipinski definition) is 2. The largest absolute Gasteiger partial charge is 0.506 e. The zero-order chi connectivity index (χ0) is 18.0. The fourth-order valence-corrected chi connectivity index (χ4v) is 2.42. The van der Waals surface area contributed by atoms with Gasteiger partial charge in [-0.25, -0.2) is 14.5 Å². The Hall–Kier alpha value is -3.35. The molecule has 2 heterocycles. The van der Waals surface area contributed by atoms with Crippen molar-refractivity contribution in [1.29, 1.82) is 0 Å². The lowest BCUT2D eigenvalue weighted by Gasteiger charge is -2.08. The molecule has 0 spiro atoms. The van der Waals surface area contributed by atoms with Crippen molar-refractivity contribution >= 4 is 11.7 Å². The second kappa shape index (κ2) is 6.64. The average molecular weight is 338 g/mol. The molecule has 0 aliphatic heterocycles. The average Bonchev–Trinajstić information content (AvgIpc) is 3.03. The van der Waals surface area contributed by atoms with Crippen LogP contribution in [0.5, 0.6) is 5.75 Å². The molecule has 0 fully saturated rings. The molecular weight excluding hydrogens is 320 g/mol. The minimum atomic E-state index is -0.519. The van der Waals surface area contributed by atoms with E-state index in [1.54, 1.807) is 35.9 Å². The summed E-state index contributed by atoms with van der Waals surface area (Å²) in [5, 5.41) is 14.2. The van der Waals surface area contributed by atoms with Crippen molar-refractivity contribution in [2.24, 2.45) is 0 Å². The molecule has 2 aromatic heterocycles. The van der Waals surface area contributed by atoms with Gasteiger partial charge in [0.25, 0.3) is 0 Å². The number of ether oxygens (including phenoxy) is 1. The molecule has 0 radical (unpaired) electrons. The standard InChI is InChI=1S/C18H18N4O3/c1-3-25-18(24)14-10-15(12-7-8-13(19)16(23)9-12)22(21-14)17-6-4-5-11(2)20-17/h4-10,23H,3,19H2,1-2H3. The number of nitrogens with two attached hydrogens (primary N) is 1. The van der Waals surface area contributed by atoms with E-state index >= 15 is 0 Å². The third-order valence-electron chi connectivity index (χ3n) is 3.61. The Bertz CT molecular complexity index is 934. The van der Waals surface area contributed by atoms with Crippen LogP contribution < -0.4 is 5.73 Å². The maximum absolute atomic E-state index is 12.1. The summed E-state index contributed by atoms with van der Waals surface area (Å²) in [7, 11) is 0. The van der Waals surface area contributed by atoms with E-state index in [2.05, 4.69) is 10.1 Å². The van der Waals surface area contributed by atoms with Crippen LogP contribution in [-0.4, -0.2) is 32.4 Å². The molecule has 7 nitrogen and oxygen atoms in total. The van der Waals surface area contributed by atoms with Gasteiger partial charge in [0, 0.05) is 11.3 Å². The van der Waals surface area contributed by atoms with Gasteiger partial charge in [0.1, 0.15) is 5.75 Å². The number of nitrogen functional groups attached to an aromatic ring is 1. The van der Waals surface area contributed by atoms with E-state index in [1.807, 2.05) is 19.1 Å². The molecule has 25 heavy (non-hydrogen) atoms. The number of aromatic hydroxyl groups is 1. The molecule has 0 atom stereocenters. The number of phenols is 1. The molecule has 0 aliphatic rings. The predicted molar refractivity (Wildman–Crippen MR) is 93.6 cm³/mol. The maximum Gasteiger partial charge on any atom is 0.358 e. The van der Waals surface area contributed by atoms with Crippen molar-refractivity contribution in [3.8, 4) is 22.8 Å². The van der Waals surface area contributed by atoms with Gasteiger partial charge in [-0.1, -0.05) is 12.1 Å². The molecular formula is C18H18N4O3. The Morgan fingerprint density at radius 3 is 2.76 bits per heavy atom. The molecule has 0 saturated carbocycles. The summed E-state index contributed by atoms with van der Waals surface area (Å²) in [6.45, 7) is 3.86. The van der Waals surface area contributed by atoms with Gasteiger partial charge in [-0.3, -0.25) is 0 Å². The zero-order valence-electron chi connectivity index (χ0n) is 13.9. The van der Waals surface area contributed by atoms with E-state index in [0.717, 1.165) is 5.69 Å². The number of phenolic OH excluding ortho intramolecular Hbond substituents is 1. The lowest BCUT2D eigenvalue weighted by molar-refractivity contribution is 0.0519. The number of nitrogens with zero attached hydrogens (tertiary/aromatic N) is 3. The summed E-state index contributed by atoms with van der Waals surface area (Å²) in [6.07, 6.45) is 0. The normalized spacial score (nSPS) is 10.6. The summed E-state index contributed by atoms with van der Waals surface area (Å²) in [5.74, 6) is -0.00294. The van der Waals surface area contributed by atoms with Crippen LogP contribution in [0.1, 0.15) is 23.1 Å². The minimum absolute atomic E-state index is 0.0415. The Balaban J connectivity index is 2.17. The highest BCUT2D eigenvalue weighted by Crippen LogP contribution is 2.30. The first-order chi connectivity index (χ1) is 12.0. The number of hydrogen-bond acceptors (Lipinski definition) is 6. The smallest absolute Gasteiger partial charge is 0.358 e. The van der Waals surface area contributed by atoms with Gasteiger partial charge in [-0.15, -0.1) is 0 Å². The Kier molecular flexibility index (Phi) is 4.38. The number of pyridine rings is 1. The Morgan fingerprint density at radius 2 is 2.08 bits per heavy atom. The number of benzene rings is 1. The monoisotopic (exact) mass is 338 g/mol. The van der Waals surface area contributed by atoms with Crippen molar-refractivity contribution in [2.75, 3.05) is 12.3 Å². The van der Waals surface area contributed by atoms with E-state index in [0.29, 0.717) is 17.1 Å². The highest BCUT2D eigenvalue weighted by Gasteiger charge is 2.19. The molecule has 0 bridgehead atoms. The quantitative estimate of drug-likeness (QED) is 0.431. The number of aromatic nitrogens is 3. The van der Waals surface area contributed by atoms with Crippen molar-refractivity contribution in [3.05, 3.63) is 53.9 Å². The zero-order valence-corrected chi connectivity index (χ0v) is 13.9. The third kappa shape index (κ3) is 3.30. The van der Waals surface area contributed by atoms with Gasteiger partial charge in [0.15, 0.2) is 11.5 Å². The van der Waals surface area contributed by atoms with E-state index in [4.69, 9.17) is 10.5 Å². The number of rotatable bonds is 4. The first kappa shape index (κ1) is 16.5. The van der Waals surface area contributed by atoms with Crippen LogP contribution in [-0.2, 0) is 4.74 Å². The molecule has 128 valence electrons. The molecule has 3 N–H and O–H groups in total. The molecule has 0 unspecified atom stereocenters. The van der Waals surface area contributed by atoms with Crippen LogP contribution in [0, 0.1) is 6.92 Å². The molecule has 0 amide bonds. The number of carbonyl (C=O) groups is 1. The molecule has 3 aromatic rings. The van der Waals surface area contributed by atoms with E-state index in [1.165, 1.54) is 6.07 Å². The van der Waals surface area contributed by atoms with E-state index in [-0.39, 0.29) is 23.7 Å². The summed E-state index contributed by atoms with van der Waals surface area (Å²) in [4.78, 5) is 16.5. The fourth-order valence-electron chi connectivity index (χ4n) is 2.42. The third-order valence-corrected chi connectivity index (χ3v) is 3.61. The summed E-state index contributed by atoms with van der Waals surface area (Å²) in [5.41, 5.74) is 8.17. The van der Waals surface area contributed by atoms with E-state index in [9.17, 15) is 9.90 Å². The van der Waals surface area contributed by atoms with Crippen molar-refractivity contribution in [1.82, 2.24) is 14.8 Å². The first-order valence-corrected chi connectivity index (χ1v) is 7.79. The first-order valence-electron chi connectivity index (χ1n) is 7.79. The topological polar surface area (TPSA) is 103 Å². The van der Waals surface area contributed by atoms with Crippen LogP contribution in [0.15, 0.2) is 42.5 Å². The van der Waals surface area contributed by atoms with Gasteiger partial charge in [0.05, 0.1) is 18.0 Å². The maximum atomic E-state index is 12.1. The van der Waals surface area contributed by atoms with Gasteiger partial charge in [-0.05, 0) is 44.2 Å². The lowest BCUT2D eigenvalue weighted by Crippen LogP contribution is -2.07. The predicted octanol–water partition coefficient (Wildman–Crippen LogP) is 2.71. The molecule has 3 rings (SSSR count). The highest BCUT2D eigenvalue weighted by atomic mass is 16.5.